The number of hydrogen-bond donors (Lipinski definition) is 4. The largest absolute Gasteiger partial charge is 0.367 e. The van der Waals surface area contributed by atoms with Crippen molar-refractivity contribution in [1.29, 1.82) is 0 Å². The minimum absolute atomic E-state index is 0.115. The van der Waals surface area contributed by atoms with Gasteiger partial charge in [0.05, 0.1) is 12.7 Å². The second-order valence-corrected chi connectivity index (χ2v) is 10.2. The molecule has 5 atom stereocenters. The molecule has 34 heavy (non-hydrogen) atoms. The van der Waals surface area contributed by atoms with Gasteiger partial charge in [0.15, 0.2) is 11.6 Å². The first kappa shape index (κ1) is 23.2. The van der Waals surface area contributed by atoms with E-state index in [0.717, 1.165) is 38.5 Å². The van der Waals surface area contributed by atoms with E-state index in [1.54, 1.807) is 6.20 Å². The molecule has 0 aromatic carbocycles. The van der Waals surface area contributed by atoms with Crippen LogP contribution in [0.2, 0.25) is 0 Å². The zero-order valence-electron chi connectivity index (χ0n) is 20.1. The van der Waals surface area contributed by atoms with Gasteiger partial charge in [-0.3, -0.25) is 15.2 Å². The molecule has 5 heterocycles. The van der Waals surface area contributed by atoms with E-state index in [1.807, 2.05) is 31.1 Å². The first-order chi connectivity index (χ1) is 16.4. The number of hydrazine groups is 1. The van der Waals surface area contributed by atoms with Crippen LogP contribution < -0.4 is 21.5 Å². The number of rotatable bonds is 6. The predicted octanol–water partition coefficient (Wildman–Crippen LogP) is 2.28. The quantitative estimate of drug-likeness (QED) is 0.511. The van der Waals surface area contributed by atoms with Gasteiger partial charge >= 0.3 is 0 Å². The number of likely N-dealkylation sites (N-methyl/N-ethyl adjacent to an activating group) is 1. The number of pyridine rings is 2. The zero-order chi connectivity index (χ0) is 23.8. The molecule has 0 radical (unpaired) electrons. The summed E-state index contributed by atoms with van der Waals surface area (Å²) in [7, 11) is 3.87. The monoisotopic (exact) mass is 470 g/mol. The topological polar surface area (TPSA) is 97.5 Å². The van der Waals surface area contributed by atoms with Crippen LogP contribution in [0.4, 0.5) is 16.0 Å². The molecule has 184 valence electrons. The van der Waals surface area contributed by atoms with Crippen molar-refractivity contribution in [2.24, 2.45) is 0 Å². The Kier molecular flexibility index (Phi) is 6.54. The molecule has 0 aliphatic carbocycles. The lowest BCUT2D eigenvalue weighted by molar-refractivity contribution is -0.141. The normalized spacial score (nSPS) is 29.0. The Morgan fingerprint density at radius 1 is 1.18 bits per heavy atom. The molecular formula is C24H35FN8O. The molecule has 3 aliphatic heterocycles. The van der Waals surface area contributed by atoms with Gasteiger partial charge in [0.1, 0.15) is 11.3 Å². The van der Waals surface area contributed by atoms with E-state index in [4.69, 9.17) is 0 Å². The highest BCUT2D eigenvalue weighted by Crippen LogP contribution is 2.36. The van der Waals surface area contributed by atoms with E-state index in [-0.39, 0.29) is 42.1 Å². The van der Waals surface area contributed by atoms with Crippen molar-refractivity contribution in [2.45, 2.75) is 75.8 Å². The number of carbonyl (C=O) groups excluding carboxylic acids is 1. The molecule has 2 aromatic rings. The molecule has 3 aliphatic rings. The van der Waals surface area contributed by atoms with Crippen molar-refractivity contribution >= 4 is 28.4 Å². The van der Waals surface area contributed by atoms with Crippen molar-refractivity contribution in [3.63, 3.8) is 0 Å². The number of aromatic nitrogens is 2. The van der Waals surface area contributed by atoms with Crippen LogP contribution in [0, 0.1) is 5.82 Å². The second-order valence-electron chi connectivity index (χ2n) is 10.2. The predicted molar refractivity (Wildman–Crippen MR) is 131 cm³/mol. The van der Waals surface area contributed by atoms with Crippen LogP contribution >= 0.6 is 0 Å². The van der Waals surface area contributed by atoms with Crippen molar-refractivity contribution in [3.05, 3.63) is 24.1 Å². The minimum atomic E-state index is -0.441. The van der Waals surface area contributed by atoms with Gasteiger partial charge in [0.2, 0.25) is 5.91 Å². The fraction of sp³-hybridized carbons (Fsp3) is 0.625. The molecule has 4 N–H and O–H groups in total. The third-order valence-corrected chi connectivity index (χ3v) is 7.16. The zero-order valence-corrected chi connectivity index (χ0v) is 20.1. The molecule has 3 saturated heterocycles. The first-order valence-corrected chi connectivity index (χ1v) is 12.3. The van der Waals surface area contributed by atoms with Crippen LogP contribution in [0.15, 0.2) is 18.3 Å². The van der Waals surface area contributed by atoms with E-state index in [2.05, 4.69) is 43.3 Å². The summed E-state index contributed by atoms with van der Waals surface area (Å²) in [5.41, 5.74) is 6.59. The summed E-state index contributed by atoms with van der Waals surface area (Å²) in [6.07, 6.45) is 7.25. The summed E-state index contributed by atoms with van der Waals surface area (Å²) in [6, 6.07) is 4.59. The van der Waals surface area contributed by atoms with Crippen molar-refractivity contribution < 1.29 is 9.18 Å². The van der Waals surface area contributed by atoms with Crippen molar-refractivity contribution in [1.82, 2.24) is 30.6 Å². The summed E-state index contributed by atoms with van der Waals surface area (Å²) in [5, 5.41) is 7.48. The molecule has 2 aromatic heterocycles. The van der Waals surface area contributed by atoms with E-state index < -0.39 is 5.82 Å². The Balaban J connectivity index is 1.38. The lowest BCUT2D eigenvalue weighted by Gasteiger charge is -2.49. The lowest BCUT2D eigenvalue weighted by atomic mass is 9.81. The Hall–Kier alpha value is -2.56. The number of hydrogen-bond acceptors (Lipinski definition) is 8. The Labute approximate surface area is 199 Å². The number of nitrogens with zero attached hydrogens (tertiary/aromatic N) is 4. The van der Waals surface area contributed by atoms with Crippen LogP contribution in [0.25, 0.3) is 10.9 Å². The maximum absolute atomic E-state index is 15.3. The van der Waals surface area contributed by atoms with Crippen molar-refractivity contribution in [3.8, 4) is 0 Å². The van der Waals surface area contributed by atoms with E-state index >= 15 is 4.39 Å². The van der Waals surface area contributed by atoms with Crippen molar-refractivity contribution in [2.75, 3.05) is 31.3 Å². The number of piperidine rings is 2. The minimum Gasteiger partial charge on any atom is -0.367 e. The fourth-order valence-corrected chi connectivity index (χ4v) is 5.74. The molecule has 2 bridgehead atoms. The van der Waals surface area contributed by atoms with Crippen LogP contribution in [0.1, 0.15) is 45.4 Å². The highest BCUT2D eigenvalue weighted by molar-refractivity contribution is 5.91. The van der Waals surface area contributed by atoms with Crippen LogP contribution in [-0.4, -0.2) is 76.6 Å². The number of fused-ring (bicyclic) bond motifs is 3. The lowest BCUT2D eigenvalue weighted by Crippen LogP contribution is -2.58. The van der Waals surface area contributed by atoms with E-state index in [0.29, 0.717) is 23.3 Å². The van der Waals surface area contributed by atoms with Gasteiger partial charge in [-0.2, -0.15) is 0 Å². The molecule has 5 rings (SSSR count). The van der Waals surface area contributed by atoms with Gasteiger partial charge in [-0.1, -0.05) is 0 Å². The van der Waals surface area contributed by atoms with E-state index in [9.17, 15) is 4.79 Å². The Morgan fingerprint density at radius 2 is 1.94 bits per heavy atom. The standard InChI is InChI=1S/C24H35FN8O/c1-14-10-19(31-30-14)28-24-21(25)22-18(8-5-9-26-22)23(29-24)27-15-11-16-6-4-7-17(12-15)33(16)20(34)13-32(2)3/h5,8-9,14-17,19,30-31H,4,6-7,10-13H2,1-3H3,(H2,27,28,29)/t14?,15?,16-,17+,19?. The Morgan fingerprint density at radius 3 is 2.62 bits per heavy atom. The smallest absolute Gasteiger partial charge is 0.237 e. The van der Waals surface area contributed by atoms with Gasteiger partial charge in [-0.05, 0) is 71.7 Å². The molecule has 9 nitrogen and oxygen atoms in total. The molecule has 3 fully saturated rings. The summed E-state index contributed by atoms with van der Waals surface area (Å²) in [6.45, 7) is 2.51. The van der Waals surface area contributed by atoms with E-state index in [1.165, 1.54) is 0 Å². The van der Waals surface area contributed by atoms with Crippen LogP contribution in [0.5, 0.6) is 0 Å². The maximum Gasteiger partial charge on any atom is 0.237 e. The number of nitrogens with one attached hydrogen (secondary N) is 4. The summed E-state index contributed by atoms with van der Waals surface area (Å²) >= 11 is 0. The van der Waals surface area contributed by atoms with Gasteiger partial charge in [0.25, 0.3) is 0 Å². The maximum atomic E-state index is 15.3. The fourth-order valence-electron chi connectivity index (χ4n) is 5.74. The Bertz CT molecular complexity index is 1040. The van der Waals surface area contributed by atoms with Gasteiger partial charge < -0.3 is 20.4 Å². The van der Waals surface area contributed by atoms with Gasteiger partial charge in [0, 0.05) is 35.8 Å². The molecule has 0 saturated carbocycles. The summed E-state index contributed by atoms with van der Waals surface area (Å²) in [5.74, 6) is 0.609. The molecule has 0 spiro atoms. The molecular weight excluding hydrogens is 435 g/mol. The van der Waals surface area contributed by atoms with Gasteiger partial charge in [-0.15, -0.1) is 0 Å². The second kappa shape index (κ2) is 9.59. The number of amides is 1. The van der Waals surface area contributed by atoms with Crippen LogP contribution in [0.3, 0.4) is 0 Å². The third-order valence-electron chi connectivity index (χ3n) is 7.16. The molecule has 10 heteroatoms. The highest BCUT2D eigenvalue weighted by atomic mass is 19.1. The number of carbonyl (C=O) groups is 1. The molecule has 3 unspecified atom stereocenters. The summed E-state index contributed by atoms with van der Waals surface area (Å²) < 4.78 is 15.3. The summed E-state index contributed by atoms with van der Waals surface area (Å²) in [4.78, 5) is 26.0. The van der Waals surface area contributed by atoms with Crippen LogP contribution in [-0.2, 0) is 4.79 Å². The number of halogens is 1. The SMILES string of the molecule is CC1CC(Nc2nc(NC3C[C@H]4CCC[C@@H](C3)N4C(=O)CN(C)C)c3cccnc3c2F)NN1. The average molecular weight is 471 g/mol. The van der Waals surface area contributed by atoms with Gasteiger partial charge in [-0.25, -0.2) is 14.8 Å². The number of anilines is 2. The first-order valence-electron chi connectivity index (χ1n) is 12.3. The highest BCUT2D eigenvalue weighted by Gasteiger charge is 2.41. The average Bonchev–Trinajstić information content (AvgIpc) is 3.20. The molecule has 1 amide bonds. The third kappa shape index (κ3) is 4.67.